The zero-order valence-corrected chi connectivity index (χ0v) is 14.0. The SMILES string of the molecule is CCOC(=O)[C@]1(C(=O)c2ccccc2)O[C@@]1(C)C(=O)c1ccccc1. The van der Waals surface area contributed by atoms with Gasteiger partial charge in [0.15, 0.2) is 11.4 Å². The Kier molecular flexibility index (Phi) is 4.27. The Labute approximate surface area is 145 Å². The summed E-state index contributed by atoms with van der Waals surface area (Å²) < 4.78 is 10.6. The number of hydrogen-bond acceptors (Lipinski definition) is 5. The fraction of sp³-hybridized carbons (Fsp3) is 0.250. The molecule has 3 rings (SSSR count). The summed E-state index contributed by atoms with van der Waals surface area (Å²) in [7, 11) is 0. The summed E-state index contributed by atoms with van der Waals surface area (Å²) in [6.07, 6.45) is 0. The summed E-state index contributed by atoms with van der Waals surface area (Å²) in [5, 5.41) is 0. The number of Topliss-reactive ketones (excluding diaryl/α,β-unsaturated/α-hetero) is 2. The molecular formula is C20H18O5. The molecule has 128 valence electrons. The minimum absolute atomic E-state index is 0.0849. The molecule has 5 nitrogen and oxygen atoms in total. The summed E-state index contributed by atoms with van der Waals surface area (Å²) in [4.78, 5) is 38.5. The van der Waals surface area contributed by atoms with E-state index in [1.54, 1.807) is 67.6 Å². The molecule has 0 unspecified atom stereocenters. The highest BCUT2D eigenvalue weighted by molar-refractivity contribution is 6.26. The highest BCUT2D eigenvalue weighted by Gasteiger charge is 2.81. The van der Waals surface area contributed by atoms with Crippen LogP contribution < -0.4 is 0 Å². The molecule has 0 saturated carbocycles. The molecule has 0 spiro atoms. The van der Waals surface area contributed by atoms with Gasteiger partial charge in [0, 0.05) is 11.1 Å². The van der Waals surface area contributed by atoms with Crippen molar-refractivity contribution in [2.75, 3.05) is 6.61 Å². The third kappa shape index (κ3) is 2.57. The molecule has 2 aromatic carbocycles. The molecule has 0 aromatic heterocycles. The smallest absolute Gasteiger partial charge is 0.350 e. The van der Waals surface area contributed by atoms with Crippen LogP contribution in [0, 0.1) is 0 Å². The Balaban J connectivity index is 2.02. The third-order valence-electron chi connectivity index (χ3n) is 4.38. The molecule has 5 heteroatoms. The van der Waals surface area contributed by atoms with Gasteiger partial charge in [0.2, 0.25) is 5.78 Å². The molecule has 1 fully saturated rings. The van der Waals surface area contributed by atoms with Crippen molar-refractivity contribution < 1.29 is 23.9 Å². The minimum Gasteiger partial charge on any atom is -0.463 e. The third-order valence-corrected chi connectivity index (χ3v) is 4.38. The Hall–Kier alpha value is -2.79. The average molecular weight is 338 g/mol. The first-order valence-electron chi connectivity index (χ1n) is 8.04. The molecule has 0 N–H and O–H groups in total. The predicted octanol–water partition coefficient (Wildman–Crippen LogP) is 2.84. The zero-order valence-electron chi connectivity index (χ0n) is 14.0. The average Bonchev–Trinajstić information content (AvgIpc) is 3.30. The normalized spacial score (nSPS) is 24.4. The second kappa shape index (κ2) is 6.26. The van der Waals surface area contributed by atoms with Gasteiger partial charge in [0.1, 0.15) is 0 Å². The van der Waals surface area contributed by atoms with Gasteiger partial charge in [-0.05, 0) is 13.8 Å². The Bertz CT molecular complexity index is 814. The van der Waals surface area contributed by atoms with Crippen molar-refractivity contribution in [2.24, 2.45) is 0 Å². The monoisotopic (exact) mass is 338 g/mol. The van der Waals surface area contributed by atoms with Crippen molar-refractivity contribution in [1.82, 2.24) is 0 Å². The van der Waals surface area contributed by atoms with Crippen LogP contribution in [0.2, 0.25) is 0 Å². The first-order valence-corrected chi connectivity index (χ1v) is 8.04. The van der Waals surface area contributed by atoms with Crippen LogP contribution in [0.3, 0.4) is 0 Å². The topological polar surface area (TPSA) is 73.0 Å². The fourth-order valence-electron chi connectivity index (χ4n) is 2.97. The second-order valence-electron chi connectivity index (χ2n) is 5.93. The summed E-state index contributed by atoms with van der Waals surface area (Å²) in [5.41, 5.74) is -2.87. The summed E-state index contributed by atoms with van der Waals surface area (Å²) in [6.45, 7) is 3.18. The lowest BCUT2D eigenvalue weighted by atomic mass is 9.82. The van der Waals surface area contributed by atoms with E-state index in [1.165, 1.54) is 6.92 Å². The lowest BCUT2D eigenvalue weighted by Crippen LogP contribution is -2.45. The zero-order chi connectivity index (χ0) is 18.1. The molecule has 0 aliphatic carbocycles. The fourth-order valence-corrected chi connectivity index (χ4v) is 2.97. The number of ketones is 2. The van der Waals surface area contributed by atoms with Gasteiger partial charge < -0.3 is 9.47 Å². The number of epoxide rings is 1. The Morgan fingerprint density at radius 1 is 0.880 bits per heavy atom. The van der Waals surface area contributed by atoms with Crippen LogP contribution in [-0.4, -0.2) is 35.3 Å². The van der Waals surface area contributed by atoms with Crippen LogP contribution in [-0.2, 0) is 14.3 Å². The van der Waals surface area contributed by atoms with E-state index in [9.17, 15) is 14.4 Å². The van der Waals surface area contributed by atoms with Crippen molar-refractivity contribution in [3.63, 3.8) is 0 Å². The molecule has 0 amide bonds. The molecule has 0 radical (unpaired) electrons. The number of hydrogen-bond donors (Lipinski definition) is 0. The number of carbonyl (C=O) groups excluding carboxylic acids is 3. The van der Waals surface area contributed by atoms with Gasteiger partial charge in [0.05, 0.1) is 6.61 Å². The van der Waals surface area contributed by atoms with Crippen molar-refractivity contribution in [3.05, 3.63) is 71.8 Å². The summed E-state index contributed by atoms with van der Waals surface area (Å²) in [6, 6.07) is 16.7. The standard InChI is InChI=1S/C20H18O5/c1-3-24-18(23)20(17(22)15-12-8-5-9-13-15)19(2,25-20)16(21)14-10-6-4-7-11-14/h4-13H,3H2,1-2H3/t19-,20-/m0/s1. The van der Waals surface area contributed by atoms with Crippen LogP contribution in [0.1, 0.15) is 34.6 Å². The maximum absolute atomic E-state index is 13.0. The van der Waals surface area contributed by atoms with Crippen LogP contribution in [0.5, 0.6) is 0 Å². The van der Waals surface area contributed by atoms with Crippen molar-refractivity contribution >= 4 is 17.5 Å². The first kappa shape index (κ1) is 17.0. The van der Waals surface area contributed by atoms with E-state index >= 15 is 0 Å². The van der Waals surface area contributed by atoms with Gasteiger partial charge in [-0.3, -0.25) is 9.59 Å². The molecular weight excluding hydrogens is 320 g/mol. The van der Waals surface area contributed by atoms with Crippen LogP contribution >= 0.6 is 0 Å². The van der Waals surface area contributed by atoms with E-state index in [0.29, 0.717) is 11.1 Å². The molecule has 25 heavy (non-hydrogen) atoms. The van der Waals surface area contributed by atoms with Gasteiger partial charge in [-0.25, -0.2) is 4.79 Å². The lowest BCUT2D eigenvalue weighted by Gasteiger charge is -2.14. The van der Waals surface area contributed by atoms with E-state index in [2.05, 4.69) is 0 Å². The van der Waals surface area contributed by atoms with Gasteiger partial charge >= 0.3 is 5.97 Å². The number of benzene rings is 2. The van der Waals surface area contributed by atoms with Crippen molar-refractivity contribution in [2.45, 2.75) is 25.0 Å². The molecule has 1 heterocycles. The van der Waals surface area contributed by atoms with Crippen molar-refractivity contribution in [1.29, 1.82) is 0 Å². The lowest BCUT2D eigenvalue weighted by molar-refractivity contribution is -0.147. The van der Waals surface area contributed by atoms with Gasteiger partial charge in [-0.15, -0.1) is 0 Å². The highest BCUT2D eigenvalue weighted by atomic mass is 16.7. The van der Waals surface area contributed by atoms with E-state index in [-0.39, 0.29) is 6.61 Å². The maximum Gasteiger partial charge on any atom is 0.350 e. The van der Waals surface area contributed by atoms with E-state index in [4.69, 9.17) is 9.47 Å². The maximum atomic E-state index is 13.0. The van der Waals surface area contributed by atoms with Gasteiger partial charge in [0.25, 0.3) is 5.60 Å². The van der Waals surface area contributed by atoms with E-state index in [0.717, 1.165) is 0 Å². The van der Waals surface area contributed by atoms with Crippen molar-refractivity contribution in [3.8, 4) is 0 Å². The number of carbonyl (C=O) groups is 3. The first-order chi connectivity index (χ1) is 12.0. The molecule has 0 bridgehead atoms. The molecule has 1 saturated heterocycles. The quantitative estimate of drug-likeness (QED) is 0.350. The van der Waals surface area contributed by atoms with E-state index < -0.39 is 28.7 Å². The predicted molar refractivity (Wildman–Crippen MR) is 90.4 cm³/mol. The molecule has 1 aliphatic heterocycles. The second-order valence-corrected chi connectivity index (χ2v) is 5.93. The molecule has 2 aromatic rings. The highest BCUT2D eigenvalue weighted by Crippen LogP contribution is 2.52. The number of rotatable bonds is 6. The van der Waals surface area contributed by atoms with Crippen LogP contribution in [0.25, 0.3) is 0 Å². The number of ether oxygens (including phenoxy) is 2. The summed E-state index contributed by atoms with van der Waals surface area (Å²) >= 11 is 0. The molecule has 1 aliphatic rings. The summed E-state index contributed by atoms with van der Waals surface area (Å²) in [5.74, 6) is -1.83. The molecule has 2 atom stereocenters. The Morgan fingerprint density at radius 2 is 1.36 bits per heavy atom. The van der Waals surface area contributed by atoms with Gasteiger partial charge in [-0.1, -0.05) is 60.7 Å². The van der Waals surface area contributed by atoms with E-state index in [1.807, 2.05) is 0 Å². The number of esters is 1. The Morgan fingerprint density at radius 3 is 1.84 bits per heavy atom. The van der Waals surface area contributed by atoms with Crippen LogP contribution in [0.4, 0.5) is 0 Å². The van der Waals surface area contributed by atoms with Gasteiger partial charge in [-0.2, -0.15) is 0 Å². The minimum atomic E-state index is -1.95. The largest absolute Gasteiger partial charge is 0.463 e. The van der Waals surface area contributed by atoms with Crippen LogP contribution in [0.15, 0.2) is 60.7 Å².